The Bertz CT molecular complexity index is 1640. The van der Waals surface area contributed by atoms with Crippen molar-refractivity contribution in [3.63, 3.8) is 0 Å². The van der Waals surface area contributed by atoms with Gasteiger partial charge in [0.2, 0.25) is 17.7 Å². The van der Waals surface area contributed by atoms with Gasteiger partial charge in [-0.25, -0.2) is 4.79 Å². The second-order valence-corrected chi connectivity index (χ2v) is 14.7. The summed E-state index contributed by atoms with van der Waals surface area (Å²) in [5.41, 5.74) is 19.1. The molecule has 17 heteroatoms. The largest absolute Gasteiger partial charge is 0.490 e. The third-order valence-electron chi connectivity index (χ3n) is 10.2. The van der Waals surface area contributed by atoms with Crippen molar-refractivity contribution in [1.82, 2.24) is 16.0 Å². The number of carbonyl (C=O) groups is 4. The van der Waals surface area contributed by atoms with Gasteiger partial charge >= 0.3 is 12.1 Å². The molecule has 4 rings (SSSR count). The molecule has 2 aromatic carbocycles. The molecule has 0 spiro atoms. The zero-order valence-corrected chi connectivity index (χ0v) is 32.1. The number of hydrogen-bond donors (Lipinski definition) is 8. The Morgan fingerprint density at radius 3 is 1.95 bits per heavy atom. The van der Waals surface area contributed by atoms with Crippen molar-refractivity contribution in [2.75, 3.05) is 6.54 Å². The number of nitrogen functional groups attached to an aromatic ring is 1. The lowest BCUT2D eigenvalue weighted by molar-refractivity contribution is -0.192. The highest BCUT2D eigenvalue weighted by molar-refractivity contribution is 6.31. The standard InChI is InChI=1S/C37H53ClN8O3.C2HF3O2/c38-30-15-8-7-14-28(30)23-44-35(48)31(16-9-21-43-37(41)42)45-36(49)32(26-12-5-2-6-13-26)46-34(47)29(25-10-3-1-4-11-25)22-24-17-19-27(20-18-24)33(39)40;3-2(4,5)1(6)7/h7-8,14-15,17-20,25-26,29,31-32H,1-6,9-13,16,21-23H2,(H3,39,40)(H,44,48)(H,45,49)(H,46,47)(H4,41,42,43);(H,6,7). The summed E-state index contributed by atoms with van der Waals surface area (Å²) in [6.07, 6.45) is 6.19. The number of carboxylic acid groups (broad SMARTS) is 1. The first-order chi connectivity index (χ1) is 26.6. The van der Waals surface area contributed by atoms with E-state index in [4.69, 9.17) is 44.1 Å². The number of carboxylic acids is 1. The molecule has 0 radical (unpaired) electrons. The molecule has 0 heterocycles. The first-order valence-electron chi connectivity index (χ1n) is 19.0. The number of amidine groups is 1. The maximum Gasteiger partial charge on any atom is 0.490 e. The molecule has 0 bridgehead atoms. The van der Waals surface area contributed by atoms with Crippen LogP contribution in [-0.4, -0.2) is 65.4 Å². The number of nitrogens with one attached hydrogen (secondary N) is 4. The maximum absolute atomic E-state index is 14.3. The van der Waals surface area contributed by atoms with Gasteiger partial charge in [0.1, 0.15) is 17.9 Å². The van der Waals surface area contributed by atoms with E-state index in [9.17, 15) is 27.6 Å². The summed E-state index contributed by atoms with van der Waals surface area (Å²) in [6, 6.07) is 13.1. The van der Waals surface area contributed by atoms with Crippen LogP contribution in [0.5, 0.6) is 0 Å². The average molecular weight is 807 g/mol. The molecule has 2 aliphatic rings. The van der Waals surface area contributed by atoms with Gasteiger partial charge in [-0.1, -0.05) is 92.6 Å². The van der Waals surface area contributed by atoms with Crippen molar-refractivity contribution in [3.05, 3.63) is 70.2 Å². The minimum absolute atomic E-state index is 0.00143. The molecule has 2 fully saturated rings. The zero-order chi connectivity index (χ0) is 41.3. The molecule has 0 saturated heterocycles. The molecular formula is C39H54ClF3N8O5. The van der Waals surface area contributed by atoms with E-state index < -0.39 is 24.2 Å². The fourth-order valence-corrected chi connectivity index (χ4v) is 7.39. The van der Waals surface area contributed by atoms with Crippen molar-refractivity contribution >= 4 is 47.1 Å². The molecule has 11 N–H and O–H groups in total. The fourth-order valence-electron chi connectivity index (χ4n) is 7.19. The van der Waals surface area contributed by atoms with Gasteiger partial charge in [-0.15, -0.1) is 0 Å². The zero-order valence-electron chi connectivity index (χ0n) is 31.4. The Morgan fingerprint density at radius 2 is 1.41 bits per heavy atom. The van der Waals surface area contributed by atoms with Crippen LogP contribution >= 0.6 is 11.6 Å². The van der Waals surface area contributed by atoms with Crippen molar-refractivity contribution in [2.24, 2.45) is 39.9 Å². The van der Waals surface area contributed by atoms with Crippen LogP contribution < -0.4 is 33.2 Å². The number of rotatable bonds is 16. The third-order valence-corrected chi connectivity index (χ3v) is 10.6. The van der Waals surface area contributed by atoms with E-state index in [1.807, 2.05) is 42.5 Å². The number of benzene rings is 2. The molecular weight excluding hydrogens is 753 g/mol. The maximum atomic E-state index is 14.3. The molecule has 0 aliphatic heterocycles. The topological polar surface area (TPSA) is 239 Å². The van der Waals surface area contributed by atoms with E-state index in [0.717, 1.165) is 75.3 Å². The van der Waals surface area contributed by atoms with Crippen molar-refractivity contribution in [1.29, 1.82) is 5.41 Å². The first kappa shape index (κ1) is 45.5. The van der Waals surface area contributed by atoms with Crippen LogP contribution in [0.1, 0.15) is 93.7 Å². The number of halogens is 4. The molecule has 3 unspecified atom stereocenters. The molecule has 0 aromatic heterocycles. The van der Waals surface area contributed by atoms with Gasteiger partial charge in [-0.05, 0) is 74.0 Å². The van der Waals surface area contributed by atoms with E-state index in [1.165, 1.54) is 0 Å². The number of alkyl halides is 3. The Morgan fingerprint density at radius 1 is 0.839 bits per heavy atom. The second-order valence-electron chi connectivity index (χ2n) is 14.3. The highest BCUT2D eigenvalue weighted by atomic mass is 35.5. The Hall–Kier alpha value is -4.86. The van der Waals surface area contributed by atoms with Crippen LogP contribution in [0.2, 0.25) is 5.02 Å². The van der Waals surface area contributed by atoms with Crippen LogP contribution in [0.25, 0.3) is 0 Å². The molecule has 3 atom stereocenters. The lowest BCUT2D eigenvalue weighted by Crippen LogP contribution is -2.57. The van der Waals surface area contributed by atoms with Crippen LogP contribution in [0.3, 0.4) is 0 Å². The van der Waals surface area contributed by atoms with E-state index in [-0.39, 0.29) is 53.8 Å². The van der Waals surface area contributed by atoms with Gasteiger partial charge in [0.25, 0.3) is 0 Å². The monoisotopic (exact) mass is 806 g/mol. The Kier molecular flexibility index (Phi) is 18.4. The minimum Gasteiger partial charge on any atom is -0.475 e. The summed E-state index contributed by atoms with van der Waals surface area (Å²) in [5.74, 6) is -3.75. The lowest BCUT2D eigenvalue weighted by atomic mass is 9.76. The molecule has 2 aromatic rings. The summed E-state index contributed by atoms with van der Waals surface area (Å²) in [7, 11) is 0. The van der Waals surface area contributed by atoms with Crippen molar-refractivity contribution in [2.45, 2.75) is 108 Å². The number of carbonyl (C=O) groups excluding carboxylic acids is 3. The SMILES string of the molecule is N=C(N)c1ccc(CC(C(=O)NC(C(=O)NC(CCCN=C(N)N)C(=O)NCc2ccccc2Cl)C2CCCCC2)C2CCCCC2)cc1.O=C(O)C(F)(F)F. The molecule has 56 heavy (non-hydrogen) atoms. The lowest BCUT2D eigenvalue weighted by Gasteiger charge is -2.34. The van der Waals surface area contributed by atoms with Gasteiger partial charge in [0, 0.05) is 29.6 Å². The fraction of sp³-hybridized carbons (Fsp3) is 0.538. The minimum atomic E-state index is -5.08. The van der Waals surface area contributed by atoms with Crippen LogP contribution in [-0.2, 0) is 32.1 Å². The number of nitrogens with two attached hydrogens (primary N) is 3. The number of amides is 3. The summed E-state index contributed by atoms with van der Waals surface area (Å²) >= 11 is 6.32. The summed E-state index contributed by atoms with van der Waals surface area (Å²) in [6.45, 7) is 0.518. The van der Waals surface area contributed by atoms with Gasteiger partial charge in [0.05, 0.1) is 0 Å². The molecule has 308 valence electrons. The van der Waals surface area contributed by atoms with Crippen molar-refractivity contribution < 1.29 is 37.5 Å². The highest BCUT2D eigenvalue weighted by Gasteiger charge is 2.39. The Labute approximate surface area is 330 Å². The smallest absolute Gasteiger partial charge is 0.475 e. The van der Waals surface area contributed by atoms with Crippen molar-refractivity contribution in [3.8, 4) is 0 Å². The predicted octanol–water partition coefficient (Wildman–Crippen LogP) is 4.92. The quantitative estimate of drug-likeness (QED) is 0.0657. The van der Waals surface area contributed by atoms with Gasteiger partial charge in [-0.3, -0.25) is 24.8 Å². The van der Waals surface area contributed by atoms with Gasteiger partial charge < -0.3 is 38.3 Å². The number of guanidine groups is 1. The van der Waals surface area contributed by atoms with E-state index in [2.05, 4.69) is 20.9 Å². The first-order valence-corrected chi connectivity index (χ1v) is 19.3. The van der Waals surface area contributed by atoms with Crippen LogP contribution in [0.15, 0.2) is 53.5 Å². The second kappa shape index (κ2) is 22.6. The molecule has 2 aliphatic carbocycles. The average Bonchev–Trinajstić information content (AvgIpc) is 3.17. The Balaban J connectivity index is 0.00000109. The normalized spacial score (nSPS) is 16.5. The van der Waals surface area contributed by atoms with Crippen LogP contribution in [0, 0.1) is 23.2 Å². The summed E-state index contributed by atoms with van der Waals surface area (Å²) < 4.78 is 31.7. The van der Waals surface area contributed by atoms with E-state index >= 15 is 0 Å². The van der Waals surface area contributed by atoms with Gasteiger partial charge in [0.15, 0.2) is 5.96 Å². The molecule has 3 amide bonds. The molecule has 2 saturated carbocycles. The highest BCUT2D eigenvalue weighted by Crippen LogP contribution is 2.33. The number of aliphatic carboxylic acids is 1. The summed E-state index contributed by atoms with van der Waals surface area (Å²) in [5, 5.41) is 24.5. The third kappa shape index (κ3) is 15.3. The number of nitrogens with zero attached hydrogens (tertiary/aromatic N) is 1. The van der Waals surface area contributed by atoms with Gasteiger partial charge in [-0.2, -0.15) is 13.2 Å². The molecule has 13 nitrogen and oxygen atoms in total. The predicted molar refractivity (Wildman–Crippen MR) is 209 cm³/mol. The van der Waals surface area contributed by atoms with E-state index in [0.29, 0.717) is 36.4 Å². The van der Waals surface area contributed by atoms with Crippen LogP contribution in [0.4, 0.5) is 13.2 Å². The number of hydrogen-bond acceptors (Lipinski definition) is 6. The number of aliphatic imine (C=N–C) groups is 1. The van der Waals surface area contributed by atoms with E-state index in [1.54, 1.807) is 6.07 Å². The summed E-state index contributed by atoms with van der Waals surface area (Å²) in [4.78, 5) is 54.9.